The molecule has 0 spiro atoms. The summed E-state index contributed by atoms with van der Waals surface area (Å²) in [5.41, 5.74) is 6.82. The van der Waals surface area contributed by atoms with Crippen LogP contribution in [-0.2, 0) is 4.79 Å². The van der Waals surface area contributed by atoms with Gasteiger partial charge in [0, 0.05) is 16.0 Å². The summed E-state index contributed by atoms with van der Waals surface area (Å²) < 4.78 is 0. The first-order valence-corrected chi connectivity index (χ1v) is 7.06. The molecule has 0 radical (unpaired) electrons. The number of carbonyl (C=O) groups is 1. The number of primary amides is 1. The lowest BCUT2D eigenvalue weighted by Crippen LogP contribution is -2.22. The van der Waals surface area contributed by atoms with Crippen LogP contribution in [0.3, 0.4) is 0 Å². The summed E-state index contributed by atoms with van der Waals surface area (Å²) in [7, 11) is 0. The first-order chi connectivity index (χ1) is 10.6. The highest BCUT2D eigenvalue weighted by Crippen LogP contribution is 2.25. The number of fused-ring (bicyclic) bond motifs is 1. The van der Waals surface area contributed by atoms with Crippen molar-refractivity contribution in [3.63, 3.8) is 0 Å². The lowest BCUT2D eigenvalue weighted by molar-refractivity contribution is -0.116. The van der Waals surface area contributed by atoms with Gasteiger partial charge in [0.15, 0.2) is 5.82 Å². The molecule has 3 aromatic rings. The number of hydrogen-bond donors (Lipinski definition) is 2. The number of benzene rings is 2. The Morgan fingerprint density at radius 2 is 1.82 bits per heavy atom. The molecule has 0 aliphatic carbocycles. The van der Waals surface area contributed by atoms with Crippen molar-refractivity contribution in [1.82, 2.24) is 9.97 Å². The molecule has 0 bridgehead atoms. The van der Waals surface area contributed by atoms with Crippen molar-refractivity contribution in [2.75, 3.05) is 11.9 Å². The molecule has 0 atom stereocenters. The monoisotopic (exact) mass is 312 g/mol. The molecule has 22 heavy (non-hydrogen) atoms. The molecule has 3 N–H and O–H groups in total. The Kier molecular flexibility index (Phi) is 3.89. The smallest absolute Gasteiger partial charge is 0.236 e. The predicted octanol–water partition coefficient (Wildman–Crippen LogP) is 2.85. The first kappa shape index (κ1) is 14.3. The van der Waals surface area contributed by atoms with E-state index >= 15 is 0 Å². The summed E-state index contributed by atoms with van der Waals surface area (Å²) in [4.78, 5) is 20.1. The summed E-state index contributed by atoms with van der Waals surface area (Å²) in [6.07, 6.45) is 0. The molecule has 0 saturated heterocycles. The van der Waals surface area contributed by atoms with E-state index in [2.05, 4.69) is 15.3 Å². The molecule has 6 heteroatoms. The van der Waals surface area contributed by atoms with Crippen LogP contribution in [0.5, 0.6) is 0 Å². The van der Waals surface area contributed by atoms with E-state index < -0.39 is 5.91 Å². The van der Waals surface area contributed by atoms with Crippen LogP contribution in [0.4, 0.5) is 5.82 Å². The van der Waals surface area contributed by atoms with Gasteiger partial charge in [0.05, 0.1) is 12.1 Å². The first-order valence-electron chi connectivity index (χ1n) is 6.68. The van der Waals surface area contributed by atoms with Crippen LogP contribution < -0.4 is 11.1 Å². The molecule has 1 heterocycles. The van der Waals surface area contributed by atoms with Gasteiger partial charge in [-0.2, -0.15) is 0 Å². The van der Waals surface area contributed by atoms with Crippen LogP contribution in [0, 0.1) is 0 Å². The zero-order valence-electron chi connectivity index (χ0n) is 11.6. The fraction of sp³-hybridized carbons (Fsp3) is 0.0625. The summed E-state index contributed by atoms with van der Waals surface area (Å²) in [5, 5.41) is 4.44. The molecule has 5 nitrogen and oxygen atoms in total. The van der Waals surface area contributed by atoms with Gasteiger partial charge in [-0.1, -0.05) is 23.7 Å². The van der Waals surface area contributed by atoms with Gasteiger partial charge < -0.3 is 11.1 Å². The number of aromatic nitrogens is 2. The normalized spacial score (nSPS) is 10.6. The van der Waals surface area contributed by atoms with Crippen molar-refractivity contribution >= 4 is 34.2 Å². The number of nitrogens with two attached hydrogens (primary N) is 1. The topological polar surface area (TPSA) is 80.9 Å². The van der Waals surface area contributed by atoms with E-state index in [1.54, 1.807) is 12.1 Å². The maximum absolute atomic E-state index is 11.0. The third kappa shape index (κ3) is 2.99. The maximum atomic E-state index is 11.0. The Morgan fingerprint density at radius 1 is 1.09 bits per heavy atom. The number of amides is 1. The molecule has 0 fully saturated rings. The largest absolute Gasteiger partial charge is 0.368 e. The van der Waals surface area contributed by atoms with Crippen LogP contribution in [0.15, 0.2) is 48.5 Å². The van der Waals surface area contributed by atoms with Crippen LogP contribution in [0.2, 0.25) is 5.02 Å². The fourth-order valence-electron chi connectivity index (χ4n) is 2.11. The minimum absolute atomic E-state index is 0.0149. The number of carbonyl (C=O) groups excluding carboxylic acids is 1. The molecule has 0 unspecified atom stereocenters. The van der Waals surface area contributed by atoms with E-state index in [9.17, 15) is 4.79 Å². The molecule has 0 aliphatic rings. The van der Waals surface area contributed by atoms with E-state index in [1.807, 2.05) is 36.4 Å². The quantitative estimate of drug-likeness (QED) is 0.776. The number of nitrogens with zero attached hydrogens (tertiary/aromatic N) is 2. The van der Waals surface area contributed by atoms with E-state index in [-0.39, 0.29) is 6.54 Å². The highest BCUT2D eigenvalue weighted by molar-refractivity contribution is 6.30. The Bertz CT molecular complexity index is 833. The molecular weight excluding hydrogens is 300 g/mol. The Hall–Kier alpha value is -2.66. The predicted molar refractivity (Wildman–Crippen MR) is 87.7 cm³/mol. The Labute approximate surface area is 132 Å². The van der Waals surface area contributed by atoms with Crippen molar-refractivity contribution < 1.29 is 4.79 Å². The number of anilines is 1. The SMILES string of the molecule is NC(=O)CNc1nc(-c2ccc(Cl)cc2)nc2ccccc12. The molecule has 1 aromatic heterocycles. The Balaban J connectivity index is 2.11. The zero-order valence-corrected chi connectivity index (χ0v) is 12.3. The van der Waals surface area contributed by atoms with E-state index in [4.69, 9.17) is 17.3 Å². The third-order valence-electron chi connectivity index (χ3n) is 3.14. The van der Waals surface area contributed by atoms with Crippen molar-refractivity contribution in [3.8, 4) is 11.4 Å². The molecule has 2 aromatic carbocycles. The lowest BCUT2D eigenvalue weighted by Gasteiger charge is -2.10. The molecule has 0 aliphatic heterocycles. The van der Waals surface area contributed by atoms with Crippen LogP contribution >= 0.6 is 11.6 Å². The van der Waals surface area contributed by atoms with Crippen LogP contribution in [-0.4, -0.2) is 22.4 Å². The number of para-hydroxylation sites is 1. The molecule has 1 amide bonds. The molecule has 3 rings (SSSR count). The maximum Gasteiger partial charge on any atom is 0.236 e. The van der Waals surface area contributed by atoms with Crippen LogP contribution in [0.1, 0.15) is 0 Å². The second kappa shape index (κ2) is 5.99. The van der Waals surface area contributed by atoms with Gasteiger partial charge in [-0.05, 0) is 36.4 Å². The second-order valence-corrected chi connectivity index (χ2v) is 5.18. The van der Waals surface area contributed by atoms with Gasteiger partial charge in [0.2, 0.25) is 5.91 Å². The fourth-order valence-corrected chi connectivity index (χ4v) is 2.24. The van der Waals surface area contributed by atoms with Gasteiger partial charge in [0.25, 0.3) is 0 Å². The highest BCUT2D eigenvalue weighted by Gasteiger charge is 2.09. The van der Waals surface area contributed by atoms with Crippen molar-refractivity contribution in [1.29, 1.82) is 0 Å². The van der Waals surface area contributed by atoms with E-state index in [0.29, 0.717) is 16.7 Å². The number of halogens is 1. The second-order valence-electron chi connectivity index (χ2n) is 4.74. The number of nitrogens with one attached hydrogen (secondary N) is 1. The van der Waals surface area contributed by atoms with Gasteiger partial charge >= 0.3 is 0 Å². The molecule has 0 saturated carbocycles. The molecule has 110 valence electrons. The standard InChI is InChI=1S/C16H13ClN4O/c17-11-7-5-10(6-8-11)15-20-13-4-2-1-3-12(13)16(21-15)19-9-14(18)22/h1-8H,9H2,(H2,18,22)(H,19,20,21). The highest BCUT2D eigenvalue weighted by atomic mass is 35.5. The van der Waals surface area contributed by atoms with Gasteiger partial charge in [-0.3, -0.25) is 4.79 Å². The van der Waals surface area contributed by atoms with Crippen molar-refractivity contribution in [2.45, 2.75) is 0 Å². The number of hydrogen-bond acceptors (Lipinski definition) is 4. The minimum atomic E-state index is -0.448. The average molecular weight is 313 g/mol. The van der Waals surface area contributed by atoms with Crippen molar-refractivity contribution in [3.05, 3.63) is 53.6 Å². The van der Waals surface area contributed by atoms with Gasteiger partial charge in [-0.25, -0.2) is 9.97 Å². The zero-order chi connectivity index (χ0) is 15.5. The average Bonchev–Trinajstić information content (AvgIpc) is 2.53. The number of rotatable bonds is 4. The lowest BCUT2D eigenvalue weighted by atomic mass is 10.2. The van der Waals surface area contributed by atoms with Gasteiger partial charge in [-0.15, -0.1) is 0 Å². The summed E-state index contributed by atoms with van der Waals surface area (Å²) in [6.45, 7) is 0.0149. The summed E-state index contributed by atoms with van der Waals surface area (Å²) in [6, 6.07) is 14.9. The molecular formula is C16H13ClN4O. The van der Waals surface area contributed by atoms with Gasteiger partial charge in [0.1, 0.15) is 5.82 Å². The van der Waals surface area contributed by atoms with E-state index in [1.165, 1.54) is 0 Å². The minimum Gasteiger partial charge on any atom is -0.368 e. The van der Waals surface area contributed by atoms with Crippen LogP contribution in [0.25, 0.3) is 22.3 Å². The third-order valence-corrected chi connectivity index (χ3v) is 3.39. The summed E-state index contributed by atoms with van der Waals surface area (Å²) in [5.74, 6) is 0.687. The van der Waals surface area contributed by atoms with E-state index in [0.717, 1.165) is 16.5 Å². The Morgan fingerprint density at radius 3 is 2.55 bits per heavy atom. The summed E-state index contributed by atoms with van der Waals surface area (Å²) >= 11 is 5.91. The van der Waals surface area contributed by atoms with Crippen molar-refractivity contribution in [2.24, 2.45) is 5.73 Å².